The highest BCUT2D eigenvalue weighted by Gasteiger charge is 2.28. The number of anilines is 1. The first kappa shape index (κ1) is 9.91. The molecule has 1 aromatic rings. The maximum absolute atomic E-state index is 11.3. The first-order valence-corrected chi connectivity index (χ1v) is 5.89. The Balaban J connectivity index is 2.06. The Bertz CT molecular complexity index is 481. The summed E-state index contributed by atoms with van der Waals surface area (Å²) in [6, 6.07) is 6.32. The normalized spacial score (nSPS) is 22.9. The van der Waals surface area contributed by atoms with E-state index in [2.05, 4.69) is 4.90 Å². The number of allylic oxidation sites excluding steroid dienone is 1. The van der Waals surface area contributed by atoms with Crippen LogP contribution in [-0.2, 0) is 11.2 Å². The quantitative estimate of drug-likeness (QED) is 0.687. The van der Waals surface area contributed by atoms with Crippen LogP contribution in [0.2, 0.25) is 5.02 Å². The van der Waals surface area contributed by atoms with Crippen LogP contribution in [0.5, 0.6) is 0 Å². The Hall–Kier alpha value is -1.28. The van der Waals surface area contributed by atoms with Gasteiger partial charge in [-0.05, 0) is 42.7 Å². The zero-order chi connectivity index (χ0) is 11.1. The van der Waals surface area contributed by atoms with Crippen molar-refractivity contribution in [3.8, 4) is 0 Å². The van der Waals surface area contributed by atoms with Crippen molar-refractivity contribution in [3.63, 3.8) is 0 Å². The minimum absolute atomic E-state index is 0.235. The molecule has 0 fully saturated rings. The number of hydrogen-bond donors (Lipinski definition) is 0. The number of rotatable bonds is 0. The molecule has 0 saturated heterocycles. The second kappa shape index (κ2) is 3.63. The Labute approximate surface area is 99.5 Å². The third-order valence-corrected chi connectivity index (χ3v) is 3.55. The molecule has 0 unspecified atom stereocenters. The van der Waals surface area contributed by atoms with Crippen molar-refractivity contribution in [1.82, 2.24) is 0 Å². The third kappa shape index (κ3) is 1.54. The van der Waals surface area contributed by atoms with Crippen LogP contribution in [0.4, 0.5) is 5.69 Å². The van der Waals surface area contributed by atoms with E-state index >= 15 is 0 Å². The van der Waals surface area contributed by atoms with Gasteiger partial charge in [-0.2, -0.15) is 0 Å². The Kier molecular flexibility index (Phi) is 2.25. The van der Waals surface area contributed by atoms with Gasteiger partial charge in [0.2, 0.25) is 0 Å². The van der Waals surface area contributed by atoms with E-state index in [1.165, 1.54) is 11.3 Å². The van der Waals surface area contributed by atoms with Crippen LogP contribution in [0, 0.1) is 0 Å². The van der Waals surface area contributed by atoms with E-state index in [-0.39, 0.29) is 5.78 Å². The van der Waals surface area contributed by atoms with Crippen LogP contribution in [0.15, 0.2) is 30.5 Å². The third-order valence-electron chi connectivity index (χ3n) is 3.32. The number of fused-ring (bicyclic) bond motifs is 3. The van der Waals surface area contributed by atoms with Crippen LogP contribution in [0.25, 0.3) is 0 Å². The summed E-state index contributed by atoms with van der Waals surface area (Å²) >= 11 is 5.98. The molecule has 0 bridgehead atoms. The molecule has 3 rings (SSSR count). The molecule has 0 radical (unpaired) electrons. The van der Waals surface area contributed by atoms with Gasteiger partial charge in [-0.25, -0.2) is 0 Å². The summed E-state index contributed by atoms with van der Waals surface area (Å²) in [4.78, 5) is 13.6. The first-order chi connectivity index (χ1) is 7.74. The number of hydrogen-bond acceptors (Lipinski definition) is 2. The topological polar surface area (TPSA) is 20.3 Å². The van der Waals surface area contributed by atoms with E-state index in [4.69, 9.17) is 11.6 Å². The Morgan fingerprint density at radius 3 is 3.12 bits per heavy atom. The molecule has 3 heteroatoms. The zero-order valence-electron chi connectivity index (χ0n) is 8.82. The van der Waals surface area contributed by atoms with E-state index in [9.17, 15) is 4.79 Å². The van der Waals surface area contributed by atoms with Crippen molar-refractivity contribution >= 4 is 23.1 Å². The first-order valence-electron chi connectivity index (χ1n) is 5.52. The molecule has 0 aliphatic carbocycles. The lowest BCUT2D eigenvalue weighted by atomic mass is 9.91. The molecule has 1 aromatic carbocycles. The zero-order valence-corrected chi connectivity index (χ0v) is 9.57. The molecule has 2 aliphatic heterocycles. The molecule has 0 amide bonds. The highest BCUT2D eigenvalue weighted by molar-refractivity contribution is 6.30. The van der Waals surface area contributed by atoms with E-state index in [0.717, 1.165) is 17.9 Å². The van der Waals surface area contributed by atoms with Crippen LogP contribution in [0.1, 0.15) is 18.4 Å². The minimum atomic E-state index is 0.235. The smallest absolute Gasteiger partial charge is 0.159 e. The molecular formula is C13H12ClNO. The summed E-state index contributed by atoms with van der Waals surface area (Å²) in [5, 5.41) is 0.786. The average molecular weight is 234 g/mol. The van der Waals surface area contributed by atoms with Crippen LogP contribution < -0.4 is 4.90 Å². The predicted molar refractivity (Wildman–Crippen MR) is 64.8 cm³/mol. The van der Waals surface area contributed by atoms with Gasteiger partial charge < -0.3 is 4.90 Å². The molecule has 1 atom stereocenters. The lowest BCUT2D eigenvalue weighted by molar-refractivity contribution is -0.115. The van der Waals surface area contributed by atoms with Gasteiger partial charge in [0.25, 0.3) is 0 Å². The molecule has 0 saturated carbocycles. The summed E-state index contributed by atoms with van der Waals surface area (Å²) in [6.07, 6.45) is 6.25. The lowest BCUT2D eigenvalue weighted by Gasteiger charge is -2.38. The number of carbonyl (C=O) groups is 1. The molecule has 82 valence electrons. The fourth-order valence-electron chi connectivity index (χ4n) is 2.53. The van der Waals surface area contributed by atoms with Crippen LogP contribution >= 0.6 is 11.6 Å². The van der Waals surface area contributed by atoms with E-state index in [0.29, 0.717) is 12.5 Å². The number of halogens is 1. The van der Waals surface area contributed by atoms with Gasteiger partial charge in [-0.3, -0.25) is 4.79 Å². The van der Waals surface area contributed by atoms with Crippen molar-refractivity contribution in [2.75, 3.05) is 4.90 Å². The Morgan fingerprint density at radius 2 is 2.25 bits per heavy atom. The second-order valence-corrected chi connectivity index (χ2v) is 4.80. The van der Waals surface area contributed by atoms with Crippen LogP contribution in [-0.4, -0.2) is 11.8 Å². The SMILES string of the molecule is O=C1C=CN2c3ccc(Cl)cc3CC[C@H]2C1. The number of carbonyl (C=O) groups excluding carboxylic acids is 1. The predicted octanol–water partition coefficient (Wildman–Crippen LogP) is 2.95. The van der Waals surface area contributed by atoms with Gasteiger partial charge in [0.15, 0.2) is 5.78 Å². The number of ketones is 1. The van der Waals surface area contributed by atoms with E-state index < -0.39 is 0 Å². The molecule has 2 heterocycles. The van der Waals surface area contributed by atoms with E-state index in [1.807, 2.05) is 24.4 Å². The molecular weight excluding hydrogens is 222 g/mol. The van der Waals surface area contributed by atoms with Gasteiger partial charge in [-0.1, -0.05) is 11.6 Å². The van der Waals surface area contributed by atoms with Crippen molar-refractivity contribution in [2.24, 2.45) is 0 Å². The number of nitrogens with zero attached hydrogens (tertiary/aromatic N) is 1. The fraction of sp³-hybridized carbons (Fsp3) is 0.308. The number of aryl methyl sites for hydroxylation is 1. The monoisotopic (exact) mass is 233 g/mol. The van der Waals surface area contributed by atoms with Crippen molar-refractivity contribution in [3.05, 3.63) is 41.1 Å². The molecule has 0 N–H and O–H groups in total. The highest BCUT2D eigenvalue weighted by Crippen LogP contribution is 2.35. The summed E-state index contributed by atoms with van der Waals surface area (Å²) in [6.45, 7) is 0. The van der Waals surface area contributed by atoms with Crippen molar-refractivity contribution in [1.29, 1.82) is 0 Å². The van der Waals surface area contributed by atoms with E-state index in [1.54, 1.807) is 6.08 Å². The molecule has 0 aromatic heterocycles. The summed E-state index contributed by atoms with van der Waals surface area (Å²) in [5.74, 6) is 0.235. The maximum atomic E-state index is 11.3. The standard InChI is InChI=1S/C13H12ClNO/c14-10-2-4-13-9(7-10)1-3-11-8-12(16)5-6-15(11)13/h2,4-7,11H,1,3,8H2/t11-/m0/s1. The van der Waals surface area contributed by atoms with Crippen LogP contribution in [0.3, 0.4) is 0 Å². The average Bonchev–Trinajstić information content (AvgIpc) is 2.28. The highest BCUT2D eigenvalue weighted by atomic mass is 35.5. The summed E-state index contributed by atoms with van der Waals surface area (Å²) in [5.41, 5.74) is 2.48. The maximum Gasteiger partial charge on any atom is 0.159 e. The van der Waals surface area contributed by atoms with Gasteiger partial charge in [0.1, 0.15) is 0 Å². The Morgan fingerprint density at radius 1 is 1.38 bits per heavy atom. The van der Waals surface area contributed by atoms with Crippen molar-refractivity contribution in [2.45, 2.75) is 25.3 Å². The van der Waals surface area contributed by atoms with Gasteiger partial charge in [0, 0.05) is 29.4 Å². The molecule has 2 nitrogen and oxygen atoms in total. The van der Waals surface area contributed by atoms with Gasteiger partial charge in [-0.15, -0.1) is 0 Å². The molecule has 2 aliphatic rings. The van der Waals surface area contributed by atoms with Gasteiger partial charge >= 0.3 is 0 Å². The lowest BCUT2D eigenvalue weighted by Crippen LogP contribution is -2.39. The molecule has 16 heavy (non-hydrogen) atoms. The largest absolute Gasteiger partial charge is 0.344 e. The summed E-state index contributed by atoms with van der Waals surface area (Å²) in [7, 11) is 0. The van der Waals surface area contributed by atoms with Crippen molar-refractivity contribution < 1.29 is 4.79 Å². The van der Waals surface area contributed by atoms with Gasteiger partial charge in [0.05, 0.1) is 0 Å². The molecule has 0 spiro atoms. The summed E-state index contributed by atoms with van der Waals surface area (Å²) < 4.78 is 0. The minimum Gasteiger partial charge on any atom is -0.344 e. The second-order valence-electron chi connectivity index (χ2n) is 4.36. The fourth-order valence-corrected chi connectivity index (χ4v) is 2.72. The number of benzene rings is 1.